The van der Waals surface area contributed by atoms with Crippen LogP contribution < -0.4 is 15.5 Å². The lowest BCUT2D eigenvalue weighted by molar-refractivity contribution is -0.116. The first-order valence-corrected chi connectivity index (χ1v) is 8.68. The van der Waals surface area contributed by atoms with E-state index in [0.717, 1.165) is 12.0 Å². The van der Waals surface area contributed by atoms with Crippen LogP contribution in [0, 0.1) is 5.92 Å². The van der Waals surface area contributed by atoms with Crippen LogP contribution in [-0.4, -0.2) is 24.0 Å². The van der Waals surface area contributed by atoms with Gasteiger partial charge in [0.05, 0.1) is 11.9 Å². The van der Waals surface area contributed by atoms with Crippen molar-refractivity contribution in [2.24, 2.45) is 5.92 Å². The molecule has 6 nitrogen and oxygen atoms in total. The number of pyridine rings is 1. The molecule has 0 spiro atoms. The number of rotatable bonds is 6. The van der Waals surface area contributed by atoms with E-state index in [1.165, 1.54) is 23.6 Å². The van der Waals surface area contributed by atoms with E-state index in [1.807, 2.05) is 18.2 Å². The van der Waals surface area contributed by atoms with Crippen molar-refractivity contribution in [3.63, 3.8) is 0 Å². The van der Waals surface area contributed by atoms with Crippen LogP contribution in [0.5, 0.6) is 0 Å². The van der Waals surface area contributed by atoms with Gasteiger partial charge in [-0.25, -0.2) is 9.78 Å². The lowest BCUT2D eigenvalue weighted by Crippen LogP contribution is -2.29. The maximum atomic E-state index is 12.1. The van der Waals surface area contributed by atoms with Crippen molar-refractivity contribution >= 4 is 23.4 Å². The molecule has 3 amide bonds. The molecular formula is C20H26N4O2. The number of anilines is 2. The van der Waals surface area contributed by atoms with E-state index in [4.69, 9.17) is 0 Å². The standard InChI is InChI=1S/C20H26N4O2/c1-14(2)11-16-7-5-6-8-17(16)12-22-20(26)23-18-9-10-19(21-13-18)24(4)15(3)25/h5-10,13-14H,11-12H2,1-4H3,(H2,22,23,26). The Kier molecular flexibility index (Phi) is 6.72. The van der Waals surface area contributed by atoms with Gasteiger partial charge in [0.15, 0.2) is 0 Å². The highest BCUT2D eigenvalue weighted by atomic mass is 16.2. The van der Waals surface area contributed by atoms with Gasteiger partial charge >= 0.3 is 6.03 Å². The van der Waals surface area contributed by atoms with E-state index in [0.29, 0.717) is 24.0 Å². The molecule has 0 saturated heterocycles. The summed E-state index contributed by atoms with van der Waals surface area (Å²) in [5.74, 6) is 0.991. The number of carbonyl (C=O) groups is 2. The molecule has 0 saturated carbocycles. The number of urea groups is 1. The summed E-state index contributed by atoms with van der Waals surface area (Å²) in [6, 6.07) is 11.2. The predicted molar refractivity (Wildman–Crippen MR) is 104 cm³/mol. The lowest BCUT2D eigenvalue weighted by Gasteiger charge is -2.15. The van der Waals surface area contributed by atoms with E-state index in [1.54, 1.807) is 19.2 Å². The second kappa shape index (κ2) is 8.99. The zero-order valence-electron chi connectivity index (χ0n) is 15.7. The average Bonchev–Trinajstić information content (AvgIpc) is 2.60. The van der Waals surface area contributed by atoms with Gasteiger partial charge in [0, 0.05) is 20.5 Å². The van der Waals surface area contributed by atoms with Crippen LogP contribution in [0.15, 0.2) is 42.6 Å². The molecule has 0 aliphatic carbocycles. The highest BCUT2D eigenvalue weighted by Crippen LogP contribution is 2.15. The van der Waals surface area contributed by atoms with Crippen LogP contribution in [0.2, 0.25) is 0 Å². The lowest BCUT2D eigenvalue weighted by atomic mass is 9.98. The zero-order chi connectivity index (χ0) is 19.1. The summed E-state index contributed by atoms with van der Waals surface area (Å²) in [7, 11) is 1.65. The van der Waals surface area contributed by atoms with Crippen LogP contribution in [-0.2, 0) is 17.8 Å². The summed E-state index contributed by atoms with van der Waals surface area (Å²) in [6.07, 6.45) is 2.51. The average molecular weight is 354 g/mol. The Bertz CT molecular complexity index is 757. The molecule has 1 heterocycles. The van der Waals surface area contributed by atoms with Crippen LogP contribution in [0.1, 0.15) is 31.9 Å². The fraction of sp³-hybridized carbons (Fsp3) is 0.350. The molecule has 6 heteroatoms. The van der Waals surface area contributed by atoms with E-state index >= 15 is 0 Å². The molecule has 2 rings (SSSR count). The summed E-state index contributed by atoms with van der Waals surface area (Å²) in [5.41, 5.74) is 2.94. The summed E-state index contributed by atoms with van der Waals surface area (Å²) in [6.45, 7) is 6.29. The number of hydrogen-bond acceptors (Lipinski definition) is 3. The molecule has 0 radical (unpaired) electrons. The molecule has 0 fully saturated rings. The third-order valence-corrected chi connectivity index (χ3v) is 4.01. The first-order valence-electron chi connectivity index (χ1n) is 8.68. The van der Waals surface area contributed by atoms with Crippen LogP contribution in [0.3, 0.4) is 0 Å². The van der Waals surface area contributed by atoms with E-state index in [-0.39, 0.29) is 11.9 Å². The molecule has 1 aromatic carbocycles. The number of amides is 3. The minimum atomic E-state index is -0.293. The minimum absolute atomic E-state index is 0.101. The number of benzene rings is 1. The maximum Gasteiger partial charge on any atom is 0.319 e. The minimum Gasteiger partial charge on any atom is -0.334 e. The molecular weight excluding hydrogens is 328 g/mol. The van der Waals surface area contributed by atoms with Gasteiger partial charge in [0.2, 0.25) is 5.91 Å². The van der Waals surface area contributed by atoms with Gasteiger partial charge in [0.1, 0.15) is 5.82 Å². The van der Waals surface area contributed by atoms with Gasteiger partial charge in [-0.15, -0.1) is 0 Å². The van der Waals surface area contributed by atoms with Crippen molar-refractivity contribution in [2.45, 2.75) is 33.7 Å². The van der Waals surface area contributed by atoms with Gasteiger partial charge in [-0.05, 0) is 35.6 Å². The number of carbonyl (C=O) groups excluding carboxylic acids is 2. The van der Waals surface area contributed by atoms with Gasteiger partial charge in [0.25, 0.3) is 0 Å². The first-order chi connectivity index (χ1) is 12.4. The molecule has 0 unspecified atom stereocenters. The Labute approximate surface area is 154 Å². The second-order valence-electron chi connectivity index (χ2n) is 6.66. The Morgan fingerprint density at radius 1 is 1.12 bits per heavy atom. The fourth-order valence-corrected chi connectivity index (χ4v) is 2.54. The summed E-state index contributed by atoms with van der Waals surface area (Å²) in [4.78, 5) is 29.1. The second-order valence-corrected chi connectivity index (χ2v) is 6.66. The van der Waals surface area contributed by atoms with E-state index in [2.05, 4.69) is 35.5 Å². The Morgan fingerprint density at radius 3 is 2.38 bits per heavy atom. The number of nitrogens with one attached hydrogen (secondary N) is 2. The van der Waals surface area contributed by atoms with Gasteiger partial charge < -0.3 is 15.5 Å². The predicted octanol–water partition coefficient (Wildman–Crippen LogP) is 3.58. The van der Waals surface area contributed by atoms with Crippen molar-refractivity contribution in [3.05, 3.63) is 53.7 Å². The Balaban J connectivity index is 1.92. The van der Waals surface area contributed by atoms with Crippen molar-refractivity contribution < 1.29 is 9.59 Å². The molecule has 0 bridgehead atoms. The molecule has 2 aromatic rings. The molecule has 1 aromatic heterocycles. The molecule has 0 atom stereocenters. The number of nitrogens with zero attached hydrogens (tertiary/aromatic N) is 2. The molecule has 0 aliphatic heterocycles. The van der Waals surface area contributed by atoms with Gasteiger partial charge in [-0.3, -0.25) is 4.79 Å². The molecule has 0 aliphatic rings. The smallest absolute Gasteiger partial charge is 0.319 e. The summed E-state index contributed by atoms with van der Waals surface area (Å²) in [5, 5.41) is 5.63. The molecule has 26 heavy (non-hydrogen) atoms. The zero-order valence-corrected chi connectivity index (χ0v) is 15.7. The van der Waals surface area contributed by atoms with Crippen LogP contribution in [0.4, 0.5) is 16.3 Å². The third-order valence-electron chi connectivity index (χ3n) is 4.01. The van der Waals surface area contributed by atoms with Gasteiger partial charge in [-0.1, -0.05) is 38.1 Å². The highest BCUT2D eigenvalue weighted by molar-refractivity contribution is 5.91. The Hall–Kier alpha value is -2.89. The normalized spacial score (nSPS) is 10.5. The highest BCUT2D eigenvalue weighted by Gasteiger charge is 2.09. The summed E-state index contributed by atoms with van der Waals surface area (Å²) < 4.78 is 0. The van der Waals surface area contributed by atoms with Crippen molar-refractivity contribution in [2.75, 3.05) is 17.3 Å². The monoisotopic (exact) mass is 354 g/mol. The maximum absolute atomic E-state index is 12.1. The molecule has 138 valence electrons. The summed E-state index contributed by atoms with van der Waals surface area (Å²) >= 11 is 0. The quantitative estimate of drug-likeness (QED) is 0.832. The number of aromatic nitrogens is 1. The van der Waals surface area contributed by atoms with Crippen molar-refractivity contribution in [1.82, 2.24) is 10.3 Å². The van der Waals surface area contributed by atoms with E-state index in [9.17, 15) is 9.59 Å². The third kappa shape index (κ3) is 5.58. The molecule has 2 N–H and O–H groups in total. The van der Waals surface area contributed by atoms with E-state index < -0.39 is 0 Å². The Morgan fingerprint density at radius 2 is 1.81 bits per heavy atom. The topological polar surface area (TPSA) is 74.3 Å². The number of hydrogen-bond donors (Lipinski definition) is 2. The van der Waals surface area contributed by atoms with Gasteiger partial charge in [-0.2, -0.15) is 0 Å². The van der Waals surface area contributed by atoms with Crippen molar-refractivity contribution in [3.8, 4) is 0 Å². The largest absolute Gasteiger partial charge is 0.334 e. The van der Waals surface area contributed by atoms with Crippen molar-refractivity contribution in [1.29, 1.82) is 0 Å². The fourth-order valence-electron chi connectivity index (χ4n) is 2.54. The first kappa shape index (κ1) is 19.4. The van der Waals surface area contributed by atoms with Crippen LogP contribution >= 0.6 is 0 Å². The van der Waals surface area contributed by atoms with Crippen LogP contribution in [0.25, 0.3) is 0 Å². The SMILES string of the molecule is CC(=O)N(C)c1ccc(NC(=O)NCc2ccccc2CC(C)C)cn1.